The molecular weight excluding hydrogens is 469 g/mol. The molecule has 2 aliphatic rings. The van der Waals surface area contributed by atoms with E-state index in [0.717, 1.165) is 69.8 Å². The summed E-state index contributed by atoms with van der Waals surface area (Å²) in [4.78, 5) is 17.1. The van der Waals surface area contributed by atoms with Crippen molar-refractivity contribution in [2.24, 2.45) is 10.9 Å². The standard InChI is InChI=1S/C19H33N7O.HI/c1-3-17-25-22-13-26(17)11-10-21-19(20-4-2)24-16-7-5-6-14(12-16)18(27)23-15-8-9-15;/h13-16H,3-12H2,1-2H3,(H,23,27)(H2,20,21,24);1H. The molecule has 2 fully saturated rings. The highest BCUT2D eigenvalue weighted by molar-refractivity contribution is 14.0. The Morgan fingerprint density at radius 1 is 1.21 bits per heavy atom. The number of aromatic nitrogens is 3. The van der Waals surface area contributed by atoms with Gasteiger partial charge < -0.3 is 20.5 Å². The van der Waals surface area contributed by atoms with Crippen molar-refractivity contribution in [1.29, 1.82) is 0 Å². The second kappa shape index (κ2) is 11.6. The van der Waals surface area contributed by atoms with Crippen LogP contribution < -0.4 is 16.0 Å². The van der Waals surface area contributed by atoms with Crippen molar-refractivity contribution in [2.75, 3.05) is 13.1 Å². The lowest BCUT2D eigenvalue weighted by molar-refractivity contribution is -0.126. The molecule has 3 rings (SSSR count). The highest BCUT2D eigenvalue weighted by Crippen LogP contribution is 2.26. The van der Waals surface area contributed by atoms with Gasteiger partial charge in [0, 0.05) is 37.5 Å². The first kappa shape index (κ1) is 22.9. The van der Waals surface area contributed by atoms with E-state index < -0.39 is 0 Å². The molecule has 2 saturated carbocycles. The number of hydrogen-bond acceptors (Lipinski definition) is 4. The maximum atomic E-state index is 12.4. The number of hydrogen-bond donors (Lipinski definition) is 3. The van der Waals surface area contributed by atoms with Crippen LogP contribution in [0.25, 0.3) is 0 Å². The van der Waals surface area contributed by atoms with Gasteiger partial charge in [0.2, 0.25) is 5.91 Å². The third kappa shape index (κ3) is 6.89. The lowest BCUT2D eigenvalue weighted by atomic mass is 9.85. The molecule has 8 nitrogen and oxygen atoms in total. The topological polar surface area (TPSA) is 96.2 Å². The summed E-state index contributed by atoms with van der Waals surface area (Å²) < 4.78 is 2.05. The van der Waals surface area contributed by atoms with Crippen LogP contribution in [-0.4, -0.2) is 51.8 Å². The minimum absolute atomic E-state index is 0. The summed E-state index contributed by atoms with van der Waals surface area (Å²) in [6.45, 7) is 6.40. The summed E-state index contributed by atoms with van der Waals surface area (Å²) in [5.41, 5.74) is 0. The molecule has 158 valence electrons. The minimum atomic E-state index is 0. The second-order valence-corrected chi connectivity index (χ2v) is 7.54. The zero-order chi connectivity index (χ0) is 19.1. The molecule has 1 heterocycles. The van der Waals surface area contributed by atoms with Gasteiger partial charge in [0.15, 0.2) is 5.96 Å². The van der Waals surface area contributed by atoms with Gasteiger partial charge in [-0.3, -0.25) is 9.79 Å². The second-order valence-electron chi connectivity index (χ2n) is 7.54. The summed E-state index contributed by atoms with van der Waals surface area (Å²) in [5, 5.41) is 18.1. The predicted octanol–water partition coefficient (Wildman–Crippen LogP) is 1.85. The zero-order valence-corrected chi connectivity index (χ0v) is 19.3. The molecule has 0 aromatic carbocycles. The molecule has 2 atom stereocenters. The number of carbonyl (C=O) groups excluding carboxylic acids is 1. The molecule has 9 heteroatoms. The Balaban J connectivity index is 0.00000280. The molecule has 3 N–H and O–H groups in total. The highest BCUT2D eigenvalue weighted by atomic mass is 127. The molecule has 1 aromatic heterocycles. The van der Waals surface area contributed by atoms with Crippen LogP contribution >= 0.6 is 24.0 Å². The van der Waals surface area contributed by atoms with Crippen LogP contribution in [0, 0.1) is 5.92 Å². The Labute approximate surface area is 184 Å². The first-order chi connectivity index (χ1) is 13.2. The molecule has 1 amide bonds. The summed E-state index contributed by atoms with van der Waals surface area (Å²) in [7, 11) is 0. The van der Waals surface area contributed by atoms with Crippen molar-refractivity contribution in [1.82, 2.24) is 30.7 Å². The van der Waals surface area contributed by atoms with Crippen molar-refractivity contribution in [3.63, 3.8) is 0 Å². The van der Waals surface area contributed by atoms with Gasteiger partial charge in [0.25, 0.3) is 0 Å². The number of guanidine groups is 1. The largest absolute Gasteiger partial charge is 0.357 e. The lowest BCUT2D eigenvalue weighted by Gasteiger charge is -2.30. The normalized spacial score (nSPS) is 22.3. The molecular formula is C19H34IN7O. The van der Waals surface area contributed by atoms with E-state index in [9.17, 15) is 4.79 Å². The molecule has 2 aliphatic carbocycles. The monoisotopic (exact) mass is 503 g/mol. The van der Waals surface area contributed by atoms with Gasteiger partial charge in [0.1, 0.15) is 12.2 Å². The molecule has 0 saturated heterocycles. The Bertz CT molecular complexity index is 644. The predicted molar refractivity (Wildman–Crippen MR) is 121 cm³/mol. The van der Waals surface area contributed by atoms with Gasteiger partial charge in [-0.05, 0) is 39.0 Å². The number of rotatable bonds is 8. The minimum Gasteiger partial charge on any atom is -0.357 e. The Morgan fingerprint density at radius 2 is 2.04 bits per heavy atom. The van der Waals surface area contributed by atoms with Crippen molar-refractivity contribution in [2.45, 2.75) is 77.4 Å². The van der Waals surface area contributed by atoms with Crippen LogP contribution in [0.1, 0.15) is 58.2 Å². The van der Waals surface area contributed by atoms with Gasteiger partial charge in [0.05, 0.1) is 6.54 Å². The molecule has 1 aromatic rings. The number of nitrogens with zero attached hydrogens (tertiary/aromatic N) is 4. The van der Waals surface area contributed by atoms with E-state index in [-0.39, 0.29) is 35.8 Å². The van der Waals surface area contributed by atoms with Crippen LogP contribution in [-0.2, 0) is 17.8 Å². The van der Waals surface area contributed by atoms with Gasteiger partial charge in [-0.1, -0.05) is 13.3 Å². The van der Waals surface area contributed by atoms with Crippen LogP contribution in [0.2, 0.25) is 0 Å². The molecule has 0 spiro atoms. The van der Waals surface area contributed by atoms with Crippen molar-refractivity contribution in [3.05, 3.63) is 12.2 Å². The van der Waals surface area contributed by atoms with Gasteiger partial charge in [-0.15, -0.1) is 34.2 Å². The fraction of sp³-hybridized carbons (Fsp3) is 0.789. The molecule has 0 bridgehead atoms. The van der Waals surface area contributed by atoms with Crippen LogP contribution in [0.15, 0.2) is 11.3 Å². The SMILES string of the molecule is CCNC(=NCCn1cnnc1CC)NC1CCCC(C(=O)NC2CC2)C1.I. The van der Waals surface area contributed by atoms with Crippen LogP contribution in [0.4, 0.5) is 0 Å². The number of halogens is 1. The Morgan fingerprint density at radius 3 is 2.75 bits per heavy atom. The van der Waals surface area contributed by atoms with Crippen molar-refractivity contribution >= 4 is 35.8 Å². The Hall–Kier alpha value is -1.39. The fourth-order valence-electron chi connectivity index (χ4n) is 3.63. The van der Waals surface area contributed by atoms with Gasteiger partial charge >= 0.3 is 0 Å². The maximum absolute atomic E-state index is 12.4. The van der Waals surface area contributed by atoms with E-state index in [4.69, 9.17) is 4.99 Å². The Kier molecular flexibility index (Phi) is 9.46. The molecule has 0 aliphatic heterocycles. The lowest BCUT2D eigenvalue weighted by Crippen LogP contribution is -2.47. The first-order valence-electron chi connectivity index (χ1n) is 10.4. The molecule has 2 unspecified atom stereocenters. The quantitative estimate of drug-likeness (QED) is 0.286. The molecule has 0 radical (unpaired) electrons. The average Bonchev–Trinajstić information content (AvgIpc) is 3.37. The molecule has 28 heavy (non-hydrogen) atoms. The van der Waals surface area contributed by atoms with Gasteiger partial charge in [-0.25, -0.2) is 0 Å². The fourth-order valence-corrected chi connectivity index (χ4v) is 3.63. The number of nitrogens with one attached hydrogen (secondary N) is 3. The number of aliphatic imine (C=N–C) groups is 1. The summed E-state index contributed by atoms with van der Waals surface area (Å²) in [6, 6.07) is 0.739. The van der Waals surface area contributed by atoms with E-state index in [1.807, 2.05) is 4.57 Å². The van der Waals surface area contributed by atoms with E-state index in [0.29, 0.717) is 18.6 Å². The summed E-state index contributed by atoms with van der Waals surface area (Å²) >= 11 is 0. The maximum Gasteiger partial charge on any atom is 0.223 e. The third-order valence-electron chi connectivity index (χ3n) is 5.28. The highest BCUT2D eigenvalue weighted by Gasteiger charge is 2.31. The van der Waals surface area contributed by atoms with Crippen molar-refractivity contribution < 1.29 is 4.79 Å². The number of amides is 1. The van der Waals surface area contributed by atoms with E-state index >= 15 is 0 Å². The van der Waals surface area contributed by atoms with Gasteiger partial charge in [-0.2, -0.15) is 0 Å². The number of carbonyl (C=O) groups is 1. The van der Waals surface area contributed by atoms with Crippen LogP contribution in [0.3, 0.4) is 0 Å². The van der Waals surface area contributed by atoms with E-state index in [1.54, 1.807) is 6.33 Å². The van der Waals surface area contributed by atoms with E-state index in [1.165, 1.54) is 0 Å². The summed E-state index contributed by atoms with van der Waals surface area (Å²) in [5.74, 6) is 2.19. The number of aryl methyl sites for hydroxylation is 1. The smallest absolute Gasteiger partial charge is 0.223 e. The summed E-state index contributed by atoms with van der Waals surface area (Å²) in [6.07, 6.45) is 8.97. The third-order valence-corrected chi connectivity index (χ3v) is 5.28. The average molecular weight is 503 g/mol. The van der Waals surface area contributed by atoms with Crippen molar-refractivity contribution in [3.8, 4) is 0 Å². The first-order valence-corrected chi connectivity index (χ1v) is 10.4. The van der Waals surface area contributed by atoms with Crippen LogP contribution in [0.5, 0.6) is 0 Å². The zero-order valence-electron chi connectivity index (χ0n) is 17.0. The van der Waals surface area contributed by atoms with E-state index in [2.05, 4.69) is 40.0 Å².